The fraction of sp³-hybridized carbons (Fsp3) is 0.120. The molecule has 0 amide bonds. The summed E-state index contributed by atoms with van der Waals surface area (Å²) in [5, 5.41) is 6.88. The van der Waals surface area contributed by atoms with E-state index in [1.54, 1.807) is 13.2 Å². The van der Waals surface area contributed by atoms with Gasteiger partial charge in [-0.1, -0.05) is 59.6 Å². The molecule has 152 valence electrons. The average Bonchev–Trinajstić information content (AvgIpc) is 2.79. The Balaban J connectivity index is 1.59. The van der Waals surface area contributed by atoms with Crippen LogP contribution >= 0.6 is 23.2 Å². The molecule has 4 rings (SSSR count). The van der Waals surface area contributed by atoms with Crippen molar-refractivity contribution in [2.45, 2.75) is 13.2 Å². The van der Waals surface area contributed by atoms with E-state index in [0.717, 1.165) is 33.7 Å². The summed E-state index contributed by atoms with van der Waals surface area (Å²) >= 11 is 12.2. The standard InChI is InChI=1S/C25H21Cl2NO2/c1-29-20-10-8-19(9-11-20)28-15-22-21-5-3-2-4-18(21)7-13-25(22)30-16-17-6-12-23(26)24(27)14-17/h2-14,28H,15-16H2,1H3. The van der Waals surface area contributed by atoms with Gasteiger partial charge in [-0.2, -0.15) is 0 Å². The molecule has 0 aliphatic rings. The normalized spacial score (nSPS) is 10.8. The van der Waals surface area contributed by atoms with Crippen molar-refractivity contribution in [3.8, 4) is 11.5 Å². The molecule has 0 spiro atoms. The summed E-state index contributed by atoms with van der Waals surface area (Å²) in [6.07, 6.45) is 0. The minimum absolute atomic E-state index is 0.408. The summed E-state index contributed by atoms with van der Waals surface area (Å²) in [4.78, 5) is 0. The van der Waals surface area contributed by atoms with Crippen LogP contribution in [0.4, 0.5) is 5.69 Å². The lowest BCUT2D eigenvalue weighted by atomic mass is 10.0. The van der Waals surface area contributed by atoms with E-state index in [-0.39, 0.29) is 0 Å². The van der Waals surface area contributed by atoms with Crippen LogP contribution in [0.2, 0.25) is 10.0 Å². The van der Waals surface area contributed by atoms with Gasteiger partial charge < -0.3 is 14.8 Å². The monoisotopic (exact) mass is 437 g/mol. The van der Waals surface area contributed by atoms with Gasteiger partial charge in [-0.25, -0.2) is 0 Å². The zero-order chi connectivity index (χ0) is 20.9. The molecule has 3 nitrogen and oxygen atoms in total. The summed E-state index contributed by atoms with van der Waals surface area (Å²) < 4.78 is 11.4. The Labute approximate surface area is 186 Å². The van der Waals surface area contributed by atoms with Crippen LogP contribution in [0.25, 0.3) is 10.8 Å². The molecule has 0 fully saturated rings. The summed E-state index contributed by atoms with van der Waals surface area (Å²) in [7, 11) is 1.66. The average molecular weight is 438 g/mol. The first-order valence-electron chi connectivity index (χ1n) is 9.59. The van der Waals surface area contributed by atoms with E-state index in [9.17, 15) is 0 Å². The highest BCUT2D eigenvalue weighted by molar-refractivity contribution is 6.42. The third kappa shape index (κ3) is 4.64. The second-order valence-corrected chi connectivity index (χ2v) is 7.70. The number of halogens is 2. The van der Waals surface area contributed by atoms with Crippen molar-refractivity contribution in [3.63, 3.8) is 0 Å². The molecule has 0 radical (unpaired) electrons. The van der Waals surface area contributed by atoms with Crippen LogP contribution in [0.15, 0.2) is 78.9 Å². The smallest absolute Gasteiger partial charge is 0.125 e. The SMILES string of the molecule is COc1ccc(NCc2c(OCc3ccc(Cl)c(Cl)c3)ccc3ccccc23)cc1. The van der Waals surface area contributed by atoms with Gasteiger partial charge in [0.05, 0.1) is 17.2 Å². The van der Waals surface area contributed by atoms with Crippen molar-refractivity contribution in [3.05, 3.63) is 100 Å². The fourth-order valence-corrected chi connectivity index (χ4v) is 3.64. The molecule has 4 aromatic carbocycles. The molecular weight excluding hydrogens is 417 g/mol. The predicted molar refractivity (Wildman–Crippen MR) is 125 cm³/mol. The maximum atomic E-state index is 6.19. The van der Waals surface area contributed by atoms with Crippen molar-refractivity contribution < 1.29 is 9.47 Å². The van der Waals surface area contributed by atoms with Gasteiger partial charge in [-0.05, 0) is 58.8 Å². The van der Waals surface area contributed by atoms with E-state index in [1.807, 2.05) is 54.6 Å². The first kappa shape index (κ1) is 20.4. The van der Waals surface area contributed by atoms with E-state index in [2.05, 4.69) is 23.5 Å². The number of fused-ring (bicyclic) bond motifs is 1. The highest BCUT2D eigenvalue weighted by atomic mass is 35.5. The molecule has 0 aliphatic carbocycles. The minimum atomic E-state index is 0.408. The van der Waals surface area contributed by atoms with Crippen molar-refractivity contribution >= 4 is 39.7 Å². The van der Waals surface area contributed by atoms with E-state index in [0.29, 0.717) is 23.2 Å². The molecule has 0 aromatic heterocycles. The van der Waals surface area contributed by atoms with Crippen LogP contribution in [0, 0.1) is 0 Å². The van der Waals surface area contributed by atoms with Gasteiger partial charge in [-0.15, -0.1) is 0 Å². The van der Waals surface area contributed by atoms with Crippen LogP contribution in [-0.2, 0) is 13.2 Å². The number of methoxy groups -OCH3 is 1. The number of hydrogen-bond donors (Lipinski definition) is 1. The lowest BCUT2D eigenvalue weighted by Crippen LogP contribution is -2.05. The minimum Gasteiger partial charge on any atom is -0.497 e. The Morgan fingerprint density at radius 1 is 0.833 bits per heavy atom. The summed E-state index contributed by atoms with van der Waals surface area (Å²) in [5.74, 6) is 1.66. The molecule has 0 saturated carbocycles. The number of rotatable bonds is 7. The third-order valence-corrected chi connectivity index (χ3v) is 5.67. The van der Waals surface area contributed by atoms with Crippen LogP contribution < -0.4 is 14.8 Å². The summed E-state index contributed by atoms with van der Waals surface area (Å²) in [6, 6.07) is 25.8. The zero-order valence-corrected chi connectivity index (χ0v) is 18.0. The summed E-state index contributed by atoms with van der Waals surface area (Å²) in [5.41, 5.74) is 3.08. The van der Waals surface area contributed by atoms with E-state index < -0.39 is 0 Å². The summed E-state index contributed by atoms with van der Waals surface area (Å²) in [6.45, 7) is 1.04. The van der Waals surface area contributed by atoms with Gasteiger partial charge in [0.15, 0.2) is 0 Å². The molecule has 30 heavy (non-hydrogen) atoms. The first-order chi connectivity index (χ1) is 14.6. The molecule has 1 N–H and O–H groups in total. The second-order valence-electron chi connectivity index (χ2n) is 6.88. The zero-order valence-electron chi connectivity index (χ0n) is 16.5. The number of nitrogens with one attached hydrogen (secondary N) is 1. The maximum Gasteiger partial charge on any atom is 0.125 e. The Morgan fingerprint density at radius 3 is 2.40 bits per heavy atom. The molecule has 5 heteroatoms. The molecule has 4 aromatic rings. The Kier molecular flexibility index (Phi) is 6.32. The Hall–Kier alpha value is -2.88. The van der Waals surface area contributed by atoms with Crippen LogP contribution in [-0.4, -0.2) is 7.11 Å². The number of hydrogen-bond acceptors (Lipinski definition) is 3. The molecule has 0 saturated heterocycles. The second kappa shape index (κ2) is 9.29. The van der Waals surface area contributed by atoms with Crippen molar-refractivity contribution in [2.24, 2.45) is 0 Å². The van der Waals surface area contributed by atoms with E-state index >= 15 is 0 Å². The number of ether oxygens (including phenoxy) is 2. The predicted octanol–water partition coefficient (Wildman–Crippen LogP) is 7.35. The topological polar surface area (TPSA) is 30.5 Å². The first-order valence-corrected chi connectivity index (χ1v) is 10.3. The van der Waals surface area contributed by atoms with Crippen molar-refractivity contribution in [2.75, 3.05) is 12.4 Å². The van der Waals surface area contributed by atoms with Crippen molar-refractivity contribution in [1.29, 1.82) is 0 Å². The van der Waals surface area contributed by atoms with Gasteiger partial charge in [0.2, 0.25) is 0 Å². The lowest BCUT2D eigenvalue weighted by molar-refractivity contribution is 0.304. The van der Waals surface area contributed by atoms with Crippen LogP contribution in [0.1, 0.15) is 11.1 Å². The Morgan fingerprint density at radius 2 is 1.63 bits per heavy atom. The molecule has 0 unspecified atom stereocenters. The van der Waals surface area contributed by atoms with Gasteiger partial charge in [0, 0.05) is 17.8 Å². The molecular formula is C25H21Cl2NO2. The van der Waals surface area contributed by atoms with Gasteiger partial charge in [0.1, 0.15) is 18.1 Å². The maximum absolute atomic E-state index is 6.19. The quantitative estimate of drug-likeness (QED) is 0.327. The number of benzene rings is 4. The molecule has 0 aliphatic heterocycles. The fourth-order valence-electron chi connectivity index (χ4n) is 3.32. The highest BCUT2D eigenvalue weighted by Crippen LogP contribution is 2.30. The van der Waals surface area contributed by atoms with Crippen LogP contribution in [0.3, 0.4) is 0 Å². The third-order valence-electron chi connectivity index (χ3n) is 4.94. The highest BCUT2D eigenvalue weighted by Gasteiger charge is 2.10. The molecule has 0 atom stereocenters. The van der Waals surface area contributed by atoms with Gasteiger partial charge in [0.25, 0.3) is 0 Å². The van der Waals surface area contributed by atoms with E-state index in [4.69, 9.17) is 32.7 Å². The molecule has 0 bridgehead atoms. The number of anilines is 1. The van der Waals surface area contributed by atoms with Gasteiger partial charge in [-0.3, -0.25) is 0 Å². The lowest BCUT2D eigenvalue weighted by Gasteiger charge is -2.16. The van der Waals surface area contributed by atoms with Crippen molar-refractivity contribution in [1.82, 2.24) is 0 Å². The largest absolute Gasteiger partial charge is 0.497 e. The van der Waals surface area contributed by atoms with E-state index in [1.165, 1.54) is 5.39 Å². The molecule has 0 heterocycles. The van der Waals surface area contributed by atoms with Crippen LogP contribution in [0.5, 0.6) is 11.5 Å². The van der Waals surface area contributed by atoms with Gasteiger partial charge >= 0.3 is 0 Å². The Bertz CT molecular complexity index is 1160.